The predicted molar refractivity (Wildman–Crippen MR) is 54.5 cm³/mol. The van der Waals surface area contributed by atoms with Crippen molar-refractivity contribution in [3.05, 3.63) is 24.3 Å². The first-order valence-corrected chi connectivity index (χ1v) is 5.69. The van der Waals surface area contributed by atoms with Crippen LogP contribution in [-0.2, 0) is 10.0 Å². The number of para-hydroxylation sites is 2. The van der Waals surface area contributed by atoms with Crippen LogP contribution in [0.2, 0.25) is 0 Å². The third-order valence-corrected chi connectivity index (χ3v) is 2.59. The van der Waals surface area contributed by atoms with E-state index in [4.69, 9.17) is 10.6 Å². The molecule has 1 rings (SSSR count). The van der Waals surface area contributed by atoms with Crippen LogP contribution in [0.5, 0.6) is 5.75 Å². The summed E-state index contributed by atoms with van der Waals surface area (Å²) in [6, 6.07) is 6.63. The number of rotatable bonds is 3. The summed E-state index contributed by atoms with van der Waals surface area (Å²) in [6.07, 6.45) is 1.03. The van der Waals surface area contributed by atoms with Gasteiger partial charge in [0, 0.05) is 0 Å². The molecule has 0 aromatic heterocycles. The number of nitrogens with two attached hydrogens (primary N) is 1. The minimum absolute atomic E-state index is 0.317. The Morgan fingerprint density at radius 1 is 1.36 bits per heavy atom. The largest absolute Gasteiger partial charge is 0.494 e. The van der Waals surface area contributed by atoms with Crippen molar-refractivity contribution in [2.75, 3.05) is 17.8 Å². The number of hydrogen-bond acceptors (Lipinski definition) is 4. The van der Waals surface area contributed by atoms with Crippen molar-refractivity contribution in [1.82, 2.24) is 0 Å². The molecule has 1 aromatic carbocycles. The van der Waals surface area contributed by atoms with Crippen molar-refractivity contribution in [3.63, 3.8) is 0 Å². The van der Waals surface area contributed by atoms with Crippen LogP contribution >= 0.6 is 0 Å². The van der Waals surface area contributed by atoms with E-state index < -0.39 is 10.0 Å². The van der Waals surface area contributed by atoms with Crippen LogP contribution < -0.4 is 15.0 Å². The van der Waals surface area contributed by atoms with Crippen molar-refractivity contribution in [2.45, 2.75) is 0 Å². The van der Waals surface area contributed by atoms with Gasteiger partial charge in [0.05, 0.1) is 13.4 Å². The van der Waals surface area contributed by atoms with E-state index >= 15 is 0 Å². The summed E-state index contributed by atoms with van der Waals surface area (Å²) in [5.41, 5.74) is 0.317. The molecule has 0 radical (unpaired) electrons. The molecule has 14 heavy (non-hydrogen) atoms. The molecule has 0 spiro atoms. The quantitative estimate of drug-likeness (QED) is 0.584. The van der Waals surface area contributed by atoms with E-state index in [1.807, 2.05) is 0 Å². The van der Waals surface area contributed by atoms with E-state index in [1.54, 1.807) is 24.3 Å². The molecule has 0 aliphatic carbocycles. The minimum Gasteiger partial charge on any atom is -0.494 e. The second-order valence-corrected chi connectivity index (χ2v) is 4.59. The fourth-order valence-electron chi connectivity index (χ4n) is 0.990. The first-order chi connectivity index (χ1) is 6.46. The first kappa shape index (κ1) is 10.8. The van der Waals surface area contributed by atoms with Crippen molar-refractivity contribution in [2.24, 2.45) is 5.84 Å². The van der Waals surface area contributed by atoms with Gasteiger partial charge in [0.2, 0.25) is 10.0 Å². The molecule has 0 aliphatic heterocycles. The average Bonchev–Trinajstić information content (AvgIpc) is 2.15. The molecule has 0 atom stereocenters. The number of nitrogens with zero attached hydrogens (tertiary/aromatic N) is 1. The van der Waals surface area contributed by atoms with Gasteiger partial charge in [0.15, 0.2) is 0 Å². The third kappa shape index (κ3) is 2.15. The molecule has 1 aromatic rings. The molecule has 0 aliphatic rings. The van der Waals surface area contributed by atoms with Crippen LogP contribution in [0, 0.1) is 0 Å². The van der Waals surface area contributed by atoms with Crippen molar-refractivity contribution in [1.29, 1.82) is 0 Å². The van der Waals surface area contributed by atoms with Gasteiger partial charge < -0.3 is 4.74 Å². The summed E-state index contributed by atoms with van der Waals surface area (Å²) in [4.78, 5) is 0. The van der Waals surface area contributed by atoms with E-state index in [9.17, 15) is 8.42 Å². The van der Waals surface area contributed by atoms with Crippen LogP contribution in [0.15, 0.2) is 24.3 Å². The smallest absolute Gasteiger partial charge is 0.245 e. The van der Waals surface area contributed by atoms with Crippen molar-refractivity contribution >= 4 is 15.7 Å². The number of hydrazine groups is 1. The van der Waals surface area contributed by atoms with Crippen LogP contribution in [0.25, 0.3) is 0 Å². The zero-order valence-corrected chi connectivity index (χ0v) is 8.78. The molecule has 5 nitrogen and oxygen atoms in total. The molecule has 0 saturated heterocycles. The normalized spacial score (nSPS) is 11.1. The summed E-state index contributed by atoms with van der Waals surface area (Å²) in [6.45, 7) is 0. The zero-order valence-electron chi connectivity index (χ0n) is 7.97. The Kier molecular flexibility index (Phi) is 2.97. The van der Waals surface area contributed by atoms with E-state index in [2.05, 4.69) is 0 Å². The molecular weight excluding hydrogens is 204 g/mol. The molecular formula is C8H12N2O3S. The van der Waals surface area contributed by atoms with E-state index in [0.717, 1.165) is 6.26 Å². The SMILES string of the molecule is COc1ccccc1N(N)S(C)(=O)=O. The van der Waals surface area contributed by atoms with Crippen LogP contribution in [0.4, 0.5) is 5.69 Å². The summed E-state index contributed by atoms with van der Waals surface area (Å²) < 4.78 is 28.0. The van der Waals surface area contributed by atoms with Gasteiger partial charge >= 0.3 is 0 Å². The third-order valence-electron chi connectivity index (χ3n) is 1.68. The van der Waals surface area contributed by atoms with Gasteiger partial charge in [0.1, 0.15) is 11.4 Å². The van der Waals surface area contributed by atoms with Crippen LogP contribution in [-0.4, -0.2) is 21.8 Å². The summed E-state index contributed by atoms with van der Waals surface area (Å²) in [5.74, 6) is 5.83. The Morgan fingerprint density at radius 2 is 1.93 bits per heavy atom. The molecule has 0 amide bonds. The standard InChI is InChI=1S/C8H12N2O3S/c1-13-8-6-4-3-5-7(8)10(9)14(2,11)12/h3-6H,9H2,1-2H3. The number of hydrogen-bond donors (Lipinski definition) is 1. The molecule has 0 saturated carbocycles. The highest BCUT2D eigenvalue weighted by Crippen LogP contribution is 2.26. The Morgan fingerprint density at radius 3 is 2.43 bits per heavy atom. The number of anilines is 1. The van der Waals surface area contributed by atoms with Gasteiger partial charge in [-0.15, -0.1) is 0 Å². The van der Waals surface area contributed by atoms with Crippen molar-refractivity contribution in [3.8, 4) is 5.75 Å². The van der Waals surface area contributed by atoms with Gasteiger partial charge in [-0.2, -0.15) is 0 Å². The Balaban J connectivity index is 3.19. The number of sulfonamides is 1. The Hall–Kier alpha value is -1.27. The van der Waals surface area contributed by atoms with Gasteiger partial charge in [-0.05, 0) is 12.1 Å². The molecule has 0 heterocycles. The van der Waals surface area contributed by atoms with Gasteiger partial charge in [-0.25, -0.2) is 18.7 Å². The number of benzene rings is 1. The predicted octanol–water partition coefficient (Wildman–Crippen LogP) is 0.335. The summed E-state index contributed by atoms with van der Waals surface area (Å²) in [5, 5.41) is 0. The van der Waals surface area contributed by atoms with Gasteiger partial charge in [0.25, 0.3) is 0 Å². The summed E-state index contributed by atoms with van der Waals surface area (Å²) >= 11 is 0. The van der Waals surface area contributed by atoms with Crippen molar-refractivity contribution < 1.29 is 13.2 Å². The molecule has 78 valence electrons. The topological polar surface area (TPSA) is 72.6 Å². The van der Waals surface area contributed by atoms with Gasteiger partial charge in [-0.3, -0.25) is 0 Å². The van der Waals surface area contributed by atoms with Gasteiger partial charge in [-0.1, -0.05) is 12.1 Å². The lowest BCUT2D eigenvalue weighted by Gasteiger charge is -2.18. The second kappa shape index (κ2) is 3.85. The average molecular weight is 216 g/mol. The van der Waals surface area contributed by atoms with E-state index in [-0.39, 0.29) is 0 Å². The molecule has 2 N–H and O–H groups in total. The van der Waals surface area contributed by atoms with Crippen LogP contribution in [0.3, 0.4) is 0 Å². The second-order valence-electron chi connectivity index (χ2n) is 2.73. The fourth-order valence-corrected chi connectivity index (χ4v) is 1.50. The lowest BCUT2D eigenvalue weighted by atomic mass is 10.3. The van der Waals surface area contributed by atoms with E-state index in [1.165, 1.54) is 7.11 Å². The number of ether oxygens (including phenoxy) is 1. The molecule has 0 fully saturated rings. The molecule has 0 unspecified atom stereocenters. The Bertz CT molecular complexity index is 416. The monoisotopic (exact) mass is 216 g/mol. The maximum Gasteiger partial charge on any atom is 0.245 e. The Labute approximate surface area is 83.1 Å². The van der Waals surface area contributed by atoms with Crippen LogP contribution in [0.1, 0.15) is 0 Å². The first-order valence-electron chi connectivity index (χ1n) is 3.85. The lowest BCUT2D eigenvalue weighted by Crippen LogP contribution is -2.36. The van der Waals surface area contributed by atoms with E-state index in [0.29, 0.717) is 15.9 Å². The fraction of sp³-hybridized carbons (Fsp3) is 0.250. The summed E-state index contributed by atoms with van der Waals surface area (Å²) in [7, 11) is -2.00. The minimum atomic E-state index is -3.46. The lowest BCUT2D eigenvalue weighted by molar-refractivity contribution is 0.415. The highest BCUT2D eigenvalue weighted by atomic mass is 32.2. The highest BCUT2D eigenvalue weighted by Gasteiger charge is 2.16. The number of methoxy groups -OCH3 is 1. The maximum absolute atomic E-state index is 11.1. The molecule has 0 bridgehead atoms. The highest BCUT2D eigenvalue weighted by molar-refractivity contribution is 7.92. The molecule has 6 heteroatoms. The maximum atomic E-state index is 11.1. The zero-order chi connectivity index (χ0) is 10.8.